The summed E-state index contributed by atoms with van der Waals surface area (Å²) in [5.74, 6) is -0.304. The second-order valence-electron chi connectivity index (χ2n) is 3.90. The number of hydrogen-bond acceptors (Lipinski definition) is 5. The Morgan fingerprint density at radius 1 is 1.33 bits per heavy atom. The first-order chi connectivity index (χ1) is 10.1. The Kier molecular flexibility index (Phi) is 4.78. The van der Waals surface area contributed by atoms with Gasteiger partial charge in [-0.05, 0) is 39.7 Å². The van der Waals surface area contributed by atoms with Crippen LogP contribution in [0.1, 0.15) is 5.56 Å². The van der Waals surface area contributed by atoms with Crippen LogP contribution < -0.4 is 4.74 Å². The van der Waals surface area contributed by atoms with E-state index >= 15 is 0 Å². The molecule has 2 aromatic rings. The Morgan fingerprint density at radius 2 is 2.14 bits per heavy atom. The normalized spacial score (nSPS) is 10.5. The maximum absolute atomic E-state index is 11.7. The number of rotatable bonds is 4. The largest absolute Gasteiger partial charge is 0.420 e. The quantitative estimate of drug-likeness (QED) is 0.278. The highest BCUT2D eigenvalue weighted by atomic mass is 79.9. The van der Waals surface area contributed by atoms with E-state index in [-0.39, 0.29) is 5.69 Å². The molecular formula is C14H9BrN2O4. The molecule has 0 aliphatic carbocycles. The summed E-state index contributed by atoms with van der Waals surface area (Å²) in [6.07, 6.45) is 4.19. The minimum absolute atomic E-state index is 0.0412. The van der Waals surface area contributed by atoms with Crippen LogP contribution in [0.2, 0.25) is 0 Å². The zero-order valence-electron chi connectivity index (χ0n) is 10.6. The number of nitro benzene ring substituents is 1. The van der Waals surface area contributed by atoms with Crippen molar-refractivity contribution in [2.24, 2.45) is 0 Å². The van der Waals surface area contributed by atoms with Gasteiger partial charge in [0.2, 0.25) is 0 Å². The molecule has 7 heteroatoms. The molecule has 0 spiro atoms. The minimum Gasteiger partial charge on any atom is -0.420 e. The van der Waals surface area contributed by atoms with Crippen molar-refractivity contribution < 1.29 is 14.5 Å². The number of pyridine rings is 1. The number of esters is 1. The number of benzene rings is 1. The van der Waals surface area contributed by atoms with Gasteiger partial charge >= 0.3 is 5.97 Å². The number of aromatic nitrogens is 1. The Hall–Kier alpha value is -2.54. The van der Waals surface area contributed by atoms with Gasteiger partial charge in [0.1, 0.15) is 4.60 Å². The third-order valence-corrected chi connectivity index (χ3v) is 3.02. The number of nitro groups is 1. The fraction of sp³-hybridized carbons (Fsp3) is 0. The van der Waals surface area contributed by atoms with Crippen molar-refractivity contribution >= 4 is 33.7 Å². The number of halogens is 1. The number of nitrogens with zero attached hydrogens (tertiary/aromatic N) is 2. The van der Waals surface area contributed by atoms with Crippen LogP contribution >= 0.6 is 15.9 Å². The predicted octanol–water partition coefficient (Wildman–Crippen LogP) is 3.37. The topological polar surface area (TPSA) is 82.3 Å². The van der Waals surface area contributed by atoms with Gasteiger partial charge in [0, 0.05) is 24.4 Å². The number of hydrogen-bond donors (Lipinski definition) is 0. The van der Waals surface area contributed by atoms with E-state index in [1.54, 1.807) is 30.5 Å². The molecule has 1 aromatic heterocycles. The molecule has 2 rings (SSSR count). The van der Waals surface area contributed by atoms with Crippen molar-refractivity contribution in [1.29, 1.82) is 0 Å². The Labute approximate surface area is 128 Å². The van der Waals surface area contributed by atoms with Crippen LogP contribution in [0, 0.1) is 10.1 Å². The van der Waals surface area contributed by atoms with Crippen LogP contribution in [0.3, 0.4) is 0 Å². The fourth-order valence-electron chi connectivity index (χ4n) is 1.50. The van der Waals surface area contributed by atoms with Gasteiger partial charge in [-0.3, -0.25) is 10.1 Å². The van der Waals surface area contributed by atoms with Crippen molar-refractivity contribution in [3.05, 3.63) is 69.0 Å². The molecule has 0 atom stereocenters. The average molecular weight is 349 g/mol. The first kappa shape index (κ1) is 14.9. The van der Waals surface area contributed by atoms with Crippen LogP contribution in [0.4, 0.5) is 5.69 Å². The predicted molar refractivity (Wildman–Crippen MR) is 79.7 cm³/mol. The molecule has 21 heavy (non-hydrogen) atoms. The van der Waals surface area contributed by atoms with E-state index in [1.165, 1.54) is 24.3 Å². The standard InChI is InChI=1S/C14H9BrN2O4/c15-14-12(5-2-8-16-14)21-13(18)7-6-10-3-1-4-11(9-10)17(19)20/h1-9H. The monoisotopic (exact) mass is 348 g/mol. The summed E-state index contributed by atoms with van der Waals surface area (Å²) in [5, 5.41) is 10.6. The van der Waals surface area contributed by atoms with Gasteiger partial charge in [0.15, 0.2) is 5.75 Å². The molecule has 6 nitrogen and oxygen atoms in total. The second-order valence-corrected chi connectivity index (χ2v) is 4.65. The number of carbonyl (C=O) groups is 1. The lowest BCUT2D eigenvalue weighted by atomic mass is 10.2. The van der Waals surface area contributed by atoms with E-state index in [2.05, 4.69) is 20.9 Å². The van der Waals surface area contributed by atoms with E-state index in [4.69, 9.17) is 4.74 Å². The Balaban J connectivity index is 2.07. The van der Waals surface area contributed by atoms with Gasteiger partial charge in [-0.1, -0.05) is 12.1 Å². The molecule has 0 aliphatic heterocycles. The fourth-order valence-corrected chi connectivity index (χ4v) is 1.83. The van der Waals surface area contributed by atoms with Crippen LogP contribution in [-0.4, -0.2) is 15.9 Å². The average Bonchev–Trinajstić information content (AvgIpc) is 2.48. The smallest absolute Gasteiger partial charge is 0.336 e. The molecule has 106 valence electrons. The molecule has 0 unspecified atom stereocenters. The van der Waals surface area contributed by atoms with Gasteiger partial charge in [0.25, 0.3) is 5.69 Å². The SMILES string of the molecule is O=C(C=Cc1cccc([N+](=O)[O-])c1)Oc1cccnc1Br. The molecule has 0 fully saturated rings. The molecule has 0 N–H and O–H groups in total. The molecule has 1 aromatic carbocycles. The number of carbonyl (C=O) groups excluding carboxylic acids is 1. The van der Waals surface area contributed by atoms with Crippen molar-refractivity contribution in [2.75, 3.05) is 0 Å². The minimum atomic E-state index is -0.602. The molecule has 0 aliphatic rings. The van der Waals surface area contributed by atoms with Crippen molar-refractivity contribution in [3.8, 4) is 5.75 Å². The number of non-ortho nitro benzene ring substituents is 1. The zero-order valence-corrected chi connectivity index (χ0v) is 12.2. The van der Waals surface area contributed by atoms with Crippen LogP contribution in [0.15, 0.2) is 53.3 Å². The van der Waals surface area contributed by atoms with E-state index in [9.17, 15) is 14.9 Å². The molecule has 1 heterocycles. The summed E-state index contributed by atoms with van der Waals surface area (Å²) in [6, 6.07) is 9.16. The molecule has 0 amide bonds. The highest BCUT2D eigenvalue weighted by Crippen LogP contribution is 2.21. The third-order valence-electron chi connectivity index (χ3n) is 2.43. The molecular weight excluding hydrogens is 340 g/mol. The lowest BCUT2D eigenvalue weighted by Crippen LogP contribution is -2.04. The van der Waals surface area contributed by atoms with Gasteiger partial charge in [-0.15, -0.1) is 0 Å². The summed E-state index contributed by atoms with van der Waals surface area (Å²) in [4.78, 5) is 25.7. The first-order valence-electron chi connectivity index (χ1n) is 5.81. The van der Waals surface area contributed by atoms with Crippen LogP contribution in [0.5, 0.6) is 5.75 Å². The van der Waals surface area contributed by atoms with Gasteiger partial charge in [-0.2, -0.15) is 0 Å². The lowest BCUT2D eigenvalue weighted by Gasteiger charge is -2.02. The second kappa shape index (κ2) is 6.76. The highest BCUT2D eigenvalue weighted by Gasteiger charge is 2.06. The lowest BCUT2D eigenvalue weighted by molar-refractivity contribution is -0.384. The van der Waals surface area contributed by atoms with Gasteiger partial charge in [-0.25, -0.2) is 9.78 Å². The molecule has 0 bridgehead atoms. The van der Waals surface area contributed by atoms with Crippen LogP contribution in [-0.2, 0) is 4.79 Å². The van der Waals surface area contributed by atoms with Crippen molar-refractivity contribution in [2.45, 2.75) is 0 Å². The molecule has 0 radical (unpaired) electrons. The van der Waals surface area contributed by atoms with Gasteiger partial charge < -0.3 is 4.74 Å². The summed E-state index contributed by atoms with van der Waals surface area (Å²) in [7, 11) is 0. The van der Waals surface area contributed by atoms with E-state index < -0.39 is 10.9 Å². The van der Waals surface area contributed by atoms with Crippen molar-refractivity contribution in [3.63, 3.8) is 0 Å². The molecule has 0 saturated carbocycles. The highest BCUT2D eigenvalue weighted by molar-refractivity contribution is 9.10. The third kappa shape index (κ3) is 4.22. The summed E-state index contributed by atoms with van der Waals surface area (Å²) in [5.41, 5.74) is 0.493. The maximum atomic E-state index is 11.7. The van der Waals surface area contributed by atoms with E-state index in [0.29, 0.717) is 15.9 Å². The van der Waals surface area contributed by atoms with Crippen molar-refractivity contribution in [1.82, 2.24) is 4.98 Å². The summed E-state index contributed by atoms with van der Waals surface area (Å²) >= 11 is 3.16. The van der Waals surface area contributed by atoms with E-state index in [0.717, 1.165) is 0 Å². The first-order valence-corrected chi connectivity index (χ1v) is 6.60. The van der Waals surface area contributed by atoms with Gasteiger partial charge in [0.05, 0.1) is 4.92 Å². The van der Waals surface area contributed by atoms with Crippen LogP contribution in [0.25, 0.3) is 6.08 Å². The summed E-state index contributed by atoms with van der Waals surface area (Å²) < 4.78 is 5.49. The number of ether oxygens (including phenoxy) is 1. The zero-order chi connectivity index (χ0) is 15.2. The molecule has 0 saturated heterocycles. The Morgan fingerprint density at radius 3 is 2.86 bits per heavy atom. The summed E-state index contributed by atoms with van der Waals surface area (Å²) in [6.45, 7) is 0. The van der Waals surface area contributed by atoms with E-state index in [1.807, 2.05) is 0 Å². The Bertz CT molecular complexity index is 716. The maximum Gasteiger partial charge on any atom is 0.336 e.